The Morgan fingerprint density at radius 3 is 2.40 bits per heavy atom. The number of carbonyl (C=O) groups is 2. The minimum atomic E-state index is -4.05. The molecule has 0 unspecified atom stereocenters. The Labute approximate surface area is 210 Å². The largest absolute Gasteiger partial charge is 0.339 e. The summed E-state index contributed by atoms with van der Waals surface area (Å²) in [4.78, 5) is 27.7. The molecule has 1 heterocycles. The molecule has 0 atom stereocenters. The van der Waals surface area contributed by atoms with E-state index in [0.29, 0.717) is 30.0 Å². The van der Waals surface area contributed by atoms with E-state index in [1.807, 2.05) is 13.0 Å². The van der Waals surface area contributed by atoms with Crippen molar-refractivity contribution in [2.24, 2.45) is 0 Å². The average Bonchev–Trinajstić information content (AvgIpc) is 2.84. The monoisotopic (exact) mass is 511 g/mol. The Morgan fingerprint density at radius 2 is 1.66 bits per heavy atom. The second kappa shape index (κ2) is 10.5. The fraction of sp³-hybridized carbons (Fsp3) is 0.231. The number of benzene rings is 3. The lowest BCUT2D eigenvalue weighted by Gasteiger charge is -2.27. The summed E-state index contributed by atoms with van der Waals surface area (Å²) in [6, 6.07) is 17.8. The van der Waals surface area contributed by atoms with E-state index in [4.69, 9.17) is 11.6 Å². The topological polar surface area (TPSA) is 95.6 Å². The van der Waals surface area contributed by atoms with E-state index in [0.717, 1.165) is 24.8 Å². The van der Waals surface area contributed by atoms with Gasteiger partial charge in [-0.1, -0.05) is 35.9 Å². The van der Waals surface area contributed by atoms with E-state index in [1.165, 1.54) is 18.2 Å². The fourth-order valence-corrected chi connectivity index (χ4v) is 5.59. The van der Waals surface area contributed by atoms with Crippen LogP contribution in [0.1, 0.15) is 45.5 Å². The van der Waals surface area contributed by atoms with Gasteiger partial charge in [0.25, 0.3) is 21.8 Å². The van der Waals surface area contributed by atoms with E-state index in [-0.39, 0.29) is 21.4 Å². The minimum Gasteiger partial charge on any atom is -0.339 e. The van der Waals surface area contributed by atoms with Crippen molar-refractivity contribution in [2.75, 3.05) is 23.1 Å². The molecule has 0 spiro atoms. The van der Waals surface area contributed by atoms with Gasteiger partial charge >= 0.3 is 0 Å². The van der Waals surface area contributed by atoms with Crippen LogP contribution < -0.4 is 10.0 Å². The first-order valence-corrected chi connectivity index (χ1v) is 13.2. The quantitative estimate of drug-likeness (QED) is 0.467. The van der Waals surface area contributed by atoms with Crippen molar-refractivity contribution in [1.29, 1.82) is 0 Å². The third-order valence-corrected chi connectivity index (χ3v) is 7.67. The van der Waals surface area contributed by atoms with Crippen LogP contribution in [0.2, 0.25) is 5.02 Å². The normalized spacial score (nSPS) is 13.8. The molecule has 2 N–H and O–H groups in total. The summed E-state index contributed by atoms with van der Waals surface area (Å²) in [6.07, 6.45) is 3.01. The molecule has 1 saturated heterocycles. The molecule has 35 heavy (non-hydrogen) atoms. The van der Waals surface area contributed by atoms with E-state index < -0.39 is 15.9 Å². The highest BCUT2D eigenvalue weighted by Crippen LogP contribution is 2.27. The summed E-state index contributed by atoms with van der Waals surface area (Å²) in [5, 5.41) is 2.75. The molecule has 0 aromatic heterocycles. The summed E-state index contributed by atoms with van der Waals surface area (Å²) < 4.78 is 28.5. The maximum Gasteiger partial charge on any atom is 0.263 e. The summed E-state index contributed by atoms with van der Waals surface area (Å²) in [7, 11) is -4.05. The van der Waals surface area contributed by atoms with Crippen LogP contribution in [0.4, 0.5) is 11.4 Å². The van der Waals surface area contributed by atoms with Crippen molar-refractivity contribution in [3.8, 4) is 0 Å². The number of halogens is 1. The zero-order valence-electron chi connectivity index (χ0n) is 19.3. The van der Waals surface area contributed by atoms with Gasteiger partial charge in [0.1, 0.15) is 4.90 Å². The molecule has 182 valence electrons. The van der Waals surface area contributed by atoms with E-state index in [1.54, 1.807) is 47.4 Å². The van der Waals surface area contributed by atoms with E-state index >= 15 is 0 Å². The lowest BCUT2D eigenvalue weighted by atomic mass is 10.1. The molecular weight excluding hydrogens is 486 g/mol. The lowest BCUT2D eigenvalue weighted by Crippen LogP contribution is -2.36. The first kappa shape index (κ1) is 24.8. The van der Waals surface area contributed by atoms with Gasteiger partial charge in [-0.15, -0.1) is 0 Å². The summed E-state index contributed by atoms with van der Waals surface area (Å²) in [5.41, 5.74) is 2.14. The number of likely N-dealkylation sites (tertiary alicyclic amines) is 1. The maximum atomic E-state index is 13.1. The molecule has 7 nitrogen and oxygen atoms in total. The molecule has 9 heteroatoms. The number of aryl methyl sites for hydroxylation is 1. The van der Waals surface area contributed by atoms with Gasteiger partial charge in [0.2, 0.25) is 0 Å². The summed E-state index contributed by atoms with van der Waals surface area (Å²) >= 11 is 6.19. The summed E-state index contributed by atoms with van der Waals surface area (Å²) in [6.45, 7) is 3.23. The molecular formula is C26H26ClN3O4S. The third kappa shape index (κ3) is 5.83. The minimum absolute atomic E-state index is 0.0117. The highest BCUT2D eigenvalue weighted by atomic mass is 35.5. The maximum absolute atomic E-state index is 13.1. The Balaban J connectivity index is 1.58. The van der Waals surface area contributed by atoms with Crippen LogP contribution in [-0.4, -0.2) is 38.2 Å². The molecule has 1 fully saturated rings. The SMILES string of the molecule is Cc1cccc(NS(=O)(=O)c2cc(C(=O)Nc3ccccc3C(=O)N3CCCCC3)ccc2Cl)c1. The van der Waals surface area contributed by atoms with Crippen LogP contribution in [0.15, 0.2) is 71.6 Å². The van der Waals surface area contributed by atoms with Crippen molar-refractivity contribution in [2.45, 2.75) is 31.1 Å². The number of hydrogen-bond donors (Lipinski definition) is 2. The molecule has 3 aromatic carbocycles. The van der Waals surface area contributed by atoms with Crippen LogP contribution in [0.5, 0.6) is 0 Å². The van der Waals surface area contributed by atoms with Crippen LogP contribution in [0.3, 0.4) is 0 Å². The van der Waals surface area contributed by atoms with Gasteiger partial charge in [0, 0.05) is 24.3 Å². The Kier molecular flexibility index (Phi) is 7.42. The number of nitrogens with one attached hydrogen (secondary N) is 2. The van der Waals surface area contributed by atoms with E-state index in [2.05, 4.69) is 10.0 Å². The second-order valence-electron chi connectivity index (χ2n) is 8.47. The molecule has 0 radical (unpaired) electrons. The number of hydrogen-bond acceptors (Lipinski definition) is 4. The first-order chi connectivity index (χ1) is 16.7. The van der Waals surface area contributed by atoms with Crippen molar-refractivity contribution in [1.82, 2.24) is 4.90 Å². The number of carbonyl (C=O) groups excluding carboxylic acids is 2. The highest BCUT2D eigenvalue weighted by molar-refractivity contribution is 7.92. The third-order valence-electron chi connectivity index (χ3n) is 5.80. The number of amides is 2. The predicted octanol–water partition coefficient (Wildman–Crippen LogP) is 5.33. The molecule has 3 aromatic rings. The van der Waals surface area contributed by atoms with Gasteiger partial charge in [-0.25, -0.2) is 8.42 Å². The predicted molar refractivity (Wildman–Crippen MR) is 138 cm³/mol. The van der Waals surface area contributed by atoms with Crippen molar-refractivity contribution < 1.29 is 18.0 Å². The number of sulfonamides is 1. The van der Waals surface area contributed by atoms with Crippen LogP contribution >= 0.6 is 11.6 Å². The molecule has 0 saturated carbocycles. The van der Waals surface area contributed by atoms with Gasteiger partial charge in [0.15, 0.2) is 0 Å². The van der Waals surface area contributed by atoms with Crippen LogP contribution in [0.25, 0.3) is 0 Å². The van der Waals surface area contributed by atoms with Crippen molar-refractivity contribution in [3.05, 3.63) is 88.4 Å². The van der Waals surface area contributed by atoms with Gasteiger partial charge < -0.3 is 10.2 Å². The molecule has 0 aliphatic carbocycles. The average molecular weight is 512 g/mol. The van der Waals surface area contributed by atoms with Crippen molar-refractivity contribution >= 4 is 44.8 Å². The number of para-hydroxylation sites is 1. The zero-order valence-corrected chi connectivity index (χ0v) is 20.8. The lowest BCUT2D eigenvalue weighted by molar-refractivity contribution is 0.0725. The van der Waals surface area contributed by atoms with Gasteiger partial charge in [-0.05, 0) is 74.2 Å². The smallest absolute Gasteiger partial charge is 0.263 e. The molecule has 1 aliphatic heterocycles. The Morgan fingerprint density at radius 1 is 0.914 bits per heavy atom. The van der Waals surface area contributed by atoms with Crippen LogP contribution in [-0.2, 0) is 10.0 Å². The molecule has 1 aliphatic rings. The second-order valence-corrected chi connectivity index (χ2v) is 10.5. The van der Waals surface area contributed by atoms with E-state index in [9.17, 15) is 18.0 Å². The van der Waals surface area contributed by atoms with Crippen molar-refractivity contribution in [3.63, 3.8) is 0 Å². The van der Waals surface area contributed by atoms with Gasteiger partial charge in [-0.3, -0.25) is 14.3 Å². The first-order valence-electron chi connectivity index (χ1n) is 11.3. The number of rotatable bonds is 6. The molecule has 2 amide bonds. The summed E-state index contributed by atoms with van der Waals surface area (Å²) in [5.74, 6) is -0.685. The van der Waals surface area contributed by atoms with Gasteiger partial charge in [0.05, 0.1) is 16.3 Å². The van der Waals surface area contributed by atoms with Gasteiger partial charge in [-0.2, -0.15) is 0 Å². The zero-order chi connectivity index (χ0) is 25.0. The molecule has 4 rings (SSSR count). The Bertz CT molecular complexity index is 1370. The molecule has 0 bridgehead atoms. The standard InChI is InChI=1S/C26H26ClN3O4S/c1-18-8-7-9-20(16-18)29-35(33,34)24-17-19(12-13-22(24)27)25(31)28-23-11-4-3-10-21(23)26(32)30-14-5-2-6-15-30/h3-4,7-13,16-17,29H,2,5-6,14-15H2,1H3,(H,28,31). The fourth-order valence-electron chi connectivity index (χ4n) is 4.01. The number of anilines is 2. The Hall–Kier alpha value is -3.36. The number of piperidine rings is 1. The van der Waals surface area contributed by atoms with Crippen LogP contribution in [0, 0.1) is 6.92 Å². The highest BCUT2D eigenvalue weighted by Gasteiger charge is 2.23. The number of nitrogens with zero attached hydrogens (tertiary/aromatic N) is 1.